The molecule has 5 aromatic heterocycles. The Labute approximate surface area is 752 Å². The Morgan fingerprint density at radius 1 is 0.173 bits per heavy atom. The van der Waals surface area contributed by atoms with Gasteiger partial charge < -0.3 is 13.4 Å². The monoisotopic (exact) mass is 1650 g/mol. The Morgan fingerprint density at radius 3 is 0.913 bits per heavy atom. The van der Waals surface area contributed by atoms with Gasteiger partial charge in [0.1, 0.15) is 0 Å². The van der Waals surface area contributed by atoms with E-state index in [1.807, 2.05) is 0 Å². The molecule has 3 nitrogen and oxygen atoms in total. The molecular weight excluding hydrogens is 1530 g/mol. The minimum absolute atomic E-state index is 0.0390. The van der Waals surface area contributed by atoms with Crippen LogP contribution in [0.1, 0.15) is 184 Å². The molecule has 3 heteroatoms. The molecule has 0 bridgehead atoms. The maximum Gasteiger partial charge on any atom is 0.0623 e. The summed E-state index contributed by atoms with van der Waals surface area (Å²) >= 11 is 0. The first kappa shape index (κ1) is 84.7. The minimum Gasteiger partial charge on any atom is -0.309 e. The standard InChI is InChI=1S/C30H38.C28H24.2C22H19N.C22H21N/c1-28(2,3)23-17-13-21(14-18-23)25-11-10-12-26(27(25)30(7,8)9)22-15-19-24(20-16-22)29(4,5)6;1-28(2,3)19-16-17-26-24-14-7-6-12-22(24)20-10-4-5-11-21(20)23-13-8-9-15-25(23)27(26)18-19;1-22(2,3)14-12-17-15-8-4-6-10-19(15)23-20-11-7-5-9-16(20)18(13-14)21(17)23;1-22(2,3)17-13-12-15-14-8-4-6-10-18(14)23-19-11-7-5-9-16(19)20(17)21(15)23;1-22(2,3)16-13-14-21-19(15-16)18-11-7-8-12-20(18)23(21)17-9-5-4-6-10-17/h10-20H,1-9H3;4-18H,1-3H3;2*4-13H,1-3H3;4-15H,1-3H3. The van der Waals surface area contributed by atoms with Crippen LogP contribution < -0.4 is 0 Å². The van der Waals surface area contributed by atoms with Gasteiger partial charge in [-0.2, -0.15) is 0 Å². The SMILES string of the molecule is CC(C)(C)c1cc2c3ccccc3n3c4ccccc4c(c1)c23.CC(C)(C)c1ccc(-c2cccc(-c3ccc(C(C)(C)C)cc3)c2C(C)(C)C)cc1.CC(C)(C)c1ccc2c(c1)-c1ccccc1-c1ccccc1-c1ccccc1-2.CC(C)(C)c1ccc2c(c1)c1ccccc1n2-c1ccccc1.CC(C)(C)c1ccc2c3ccccc3n3c4ccccc4c1c23. The average Bonchev–Trinajstić information content (AvgIpc) is 1.57. The van der Waals surface area contributed by atoms with Crippen molar-refractivity contribution in [3.05, 3.63) is 391 Å². The van der Waals surface area contributed by atoms with E-state index in [9.17, 15) is 0 Å². The molecule has 0 fully saturated rings. The third-order valence-corrected chi connectivity index (χ3v) is 26.4. The van der Waals surface area contributed by atoms with E-state index in [0.717, 1.165) is 0 Å². The summed E-state index contributed by atoms with van der Waals surface area (Å²) in [5.74, 6) is 0. The van der Waals surface area contributed by atoms with Gasteiger partial charge in [0.2, 0.25) is 0 Å². The first-order valence-electron chi connectivity index (χ1n) is 45.7. The number of fused-ring (bicyclic) bond motifs is 23. The fourth-order valence-electron chi connectivity index (χ4n) is 19.7. The lowest BCUT2D eigenvalue weighted by Crippen LogP contribution is -2.15. The molecule has 0 N–H and O–H groups in total. The Kier molecular flexibility index (Phi) is 21.4. The van der Waals surface area contributed by atoms with E-state index in [2.05, 4.69) is 511 Å². The summed E-state index contributed by atoms with van der Waals surface area (Å²) in [5, 5.41) is 13.6. The van der Waals surface area contributed by atoms with Gasteiger partial charge in [0.15, 0.2) is 0 Å². The summed E-state index contributed by atoms with van der Waals surface area (Å²) in [4.78, 5) is 0. The van der Waals surface area contributed by atoms with Gasteiger partial charge >= 0.3 is 0 Å². The van der Waals surface area contributed by atoms with Crippen LogP contribution in [0, 0.1) is 0 Å². The van der Waals surface area contributed by atoms with Crippen molar-refractivity contribution < 1.29 is 0 Å². The highest BCUT2D eigenvalue weighted by atomic mass is 15.0. The van der Waals surface area contributed by atoms with E-state index in [-0.39, 0.29) is 37.9 Å². The Bertz CT molecular complexity index is 7500. The summed E-state index contributed by atoms with van der Waals surface area (Å²) in [5.41, 5.74) is 38.1. The molecule has 5 heterocycles. The van der Waals surface area contributed by atoms with E-state index in [0.29, 0.717) is 0 Å². The van der Waals surface area contributed by atoms with E-state index in [4.69, 9.17) is 0 Å². The molecule has 632 valence electrons. The van der Waals surface area contributed by atoms with Crippen LogP contribution in [0.4, 0.5) is 0 Å². The van der Waals surface area contributed by atoms with E-state index in [1.165, 1.54) is 209 Å². The zero-order valence-corrected chi connectivity index (χ0v) is 78.3. The second-order valence-electron chi connectivity index (χ2n) is 42.5. The molecule has 0 unspecified atom stereocenters. The van der Waals surface area contributed by atoms with Crippen LogP contribution in [-0.4, -0.2) is 13.4 Å². The van der Waals surface area contributed by atoms with Crippen LogP contribution in [0.25, 0.3) is 170 Å². The molecule has 0 saturated heterocycles. The van der Waals surface area contributed by atoms with Crippen molar-refractivity contribution >= 4 is 98.0 Å². The maximum absolute atomic E-state index is 2.45. The van der Waals surface area contributed by atoms with Gasteiger partial charge in [-0.3, -0.25) is 0 Å². The number of para-hydroxylation sites is 6. The highest BCUT2D eigenvalue weighted by molar-refractivity contribution is 6.25. The molecule has 0 aliphatic heterocycles. The van der Waals surface area contributed by atoms with Gasteiger partial charge in [-0.05, 0) is 216 Å². The van der Waals surface area contributed by atoms with E-state index >= 15 is 0 Å². The zero-order chi connectivity index (χ0) is 89.2. The lowest BCUT2D eigenvalue weighted by molar-refractivity contribution is 0.589. The average molecular weight is 1650 g/mol. The summed E-state index contributed by atoms with van der Waals surface area (Å²) in [7, 11) is 0. The van der Waals surface area contributed by atoms with E-state index < -0.39 is 0 Å². The normalized spacial score (nSPS) is 12.6. The van der Waals surface area contributed by atoms with Gasteiger partial charge in [-0.15, -0.1) is 0 Å². The van der Waals surface area contributed by atoms with Crippen molar-refractivity contribution in [2.24, 2.45) is 0 Å². The van der Waals surface area contributed by atoms with Crippen LogP contribution in [0.2, 0.25) is 0 Å². The summed E-state index contributed by atoms with van der Waals surface area (Å²) in [6.07, 6.45) is 0. The molecule has 21 aromatic rings. The number of rotatable bonds is 3. The fraction of sp³-hybridized carbons (Fsp3) is 0.226. The third kappa shape index (κ3) is 15.7. The highest BCUT2D eigenvalue weighted by Crippen LogP contribution is 2.51. The molecule has 0 amide bonds. The fourth-order valence-corrected chi connectivity index (χ4v) is 19.7. The zero-order valence-electron chi connectivity index (χ0n) is 78.3. The number of hydrogen-bond donors (Lipinski definition) is 0. The first-order valence-corrected chi connectivity index (χ1v) is 45.7. The van der Waals surface area contributed by atoms with Crippen LogP contribution in [0.5, 0.6) is 0 Å². The molecule has 22 rings (SSSR count). The largest absolute Gasteiger partial charge is 0.309 e. The van der Waals surface area contributed by atoms with E-state index in [1.54, 1.807) is 0 Å². The Hall–Kier alpha value is -13.1. The topological polar surface area (TPSA) is 13.8 Å². The Morgan fingerprint density at radius 2 is 0.488 bits per heavy atom. The number of hydrogen-bond acceptors (Lipinski definition) is 0. The highest BCUT2D eigenvalue weighted by Gasteiger charge is 2.30. The lowest BCUT2D eigenvalue weighted by atomic mass is 9.76. The molecular formula is C124H121N3. The number of aromatic nitrogens is 3. The quantitative estimate of drug-likeness (QED) is 0.167. The van der Waals surface area contributed by atoms with Gasteiger partial charge in [0, 0.05) is 59.5 Å². The summed E-state index contributed by atoms with van der Waals surface area (Å²) < 4.78 is 7.24. The second kappa shape index (κ2) is 32.1. The van der Waals surface area contributed by atoms with Crippen molar-refractivity contribution in [3.63, 3.8) is 0 Å². The van der Waals surface area contributed by atoms with Crippen LogP contribution >= 0.6 is 0 Å². The summed E-state index contributed by atoms with van der Waals surface area (Å²) in [6.45, 7) is 48.0. The predicted molar refractivity (Wildman–Crippen MR) is 553 cm³/mol. The van der Waals surface area contributed by atoms with Crippen molar-refractivity contribution in [2.45, 2.75) is 183 Å². The lowest BCUT2D eigenvalue weighted by Gasteiger charge is -2.28. The van der Waals surface area contributed by atoms with Gasteiger partial charge in [0.25, 0.3) is 0 Å². The van der Waals surface area contributed by atoms with Gasteiger partial charge in [0.05, 0.1) is 44.1 Å². The maximum atomic E-state index is 2.45. The van der Waals surface area contributed by atoms with Crippen molar-refractivity contribution in [3.8, 4) is 72.4 Å². The van der Waals surface area contributed by atoms with Gasteiger partial charge in [-0.25, -0.2) is 0 Å². The molecule has 127 heavy (non-hydrogen) atoms. The smallest absolute Gasteiger partial charge is 0.0623 e. The summed E-state index contributed by atoms with van der Waals surface area (Å²) in [6, 6.07) is 129. The van der Waals surface area contributed by atoms with Crippen molar-refractivity contribution in [2.75, 3.05) is 0 Å². The van der Waals surface area contributed by atoms with Crippen LogP contribution in [0.15, 0.2) is 352 Å². The van der Waals surface area contributed by atoms with Crippen molar-refractivity contribution in [1.82, 2.24) is 13.4 Å². The molecule has 1 aliphatic carbocycles. The van der Waals surface area contributed by atoms with Crippen LogP contribution in [-0.2, 0) is 37.9 Å². The second-order valence-corrected chi connectivity index (χ2v) is 42.5. The minimum atomic E-state index is 0.0390. The molecule has 0 spiro atoms. The molecule has 16 aromatic carbocycles. The molecule has 0 atom stereocenters. The predicted octanol–water partition coefficient (Wildman–Crippen LogP) is 35.2. The Balaban J connectivity index is 0.000000108. The molecule has 0 radical (unpaired) electrons. The number of benzene rings is 16. The first-order chi connectivity index (χ1) is 60.5. The van der Waals surface area contributed by atoms with Gasteiger partial charge in [-0.1, -0.05) is 424 Å². The number of nitrogens with zero attached hydrogens (tertiary/aromatic N) is 3. The van der Waals surface area contributed by atoms with Crippen LogP contribution in [0.3, 0.4) is 0 Å². The molecule has 0 saturated carbocycles. The van der Waals surface area contributed by atoms with Crippen molar-refractivity contribution in [1.29, 1.82) is 0 Å². The molecule has 1 aliphatic rings. The third-order valence-electron chi connectivity index (χ3n) is 26.4.